The number of carbonyl (C=O) groups excluding carboxylic acids is 1. The zero-order valence-electron chi connectivity index (χ0n) is 14.5. The van der Waals surface area contributed by atoms with E-state index in [2.05, 4.69) is 10.6 Å². The van der Waals surface area contributed by atoms with Crippen LogP contribution in [0.25, 0.3) is 0 Å². The minimum absolute atomic E-state index is 0.0429. The quantitative estimate of drug-likeness (QED) is 0.684. The molecule has 0 aromatic heterocycles. The van der Waals surface area contributed by atoms with E-state index in [1.54, 1.807) is 20.2 Å². The van der Waals surface area contributed by atoms with Crippen LogP contribution in [-0.2, 0) is 17.8 Å². The number of methoxy groups -OCH3 is 1. The first-order valence-corrected chi connectivity index (χ1v) is 8.08. The number of hydrogen-bond acceptors (Lipinski definition) is 4. The van der Waals surface area contributed by atoms with Crippen molar-refractivity contribution in [3.63, 3.8) is 0 Å². The zero-order chi connectivity index (χ0) is 18.1. The summed E-state index contributed by atoms with van der Waals surface area (Å²) >= 11 is 0. The van der Waals surface area contributed by atoms with Crippen LogP contribution in [0.2, 0.25) is 0 Å². The maximum atomic E-state index is 13.2. The van der Waals surface area contributed by atoms with Crippen molar-refractivity contribution in [3.05, 3.63) is 59.4 Å². The first-order valence-electron chi connectivity index (χ1n) is 8.08. The van der Waals surface area contributed by atoms with E-state index in [1.165, 1.54) is 12.1 Å². The van der Waals surface area contributed by atoms with Crippen molar-refractivity contribution >= 4 is 5.91 Å². The van der Waals surface area contributed by atoms with Gasteiger partial charge >= 0.3 is 0 Å². The number of nitrogens with one attached hydrogen (secondary N) is 2. The van der Waals surface area contributed by atoms with E-state index in [4.69, 9.17) is 9.47 Å². The molecule has 6 heteroatoms. The highest BCUT2D eigenvalue weighted by Crippen LogP contribution is 2.29. The van der Waals surface area contributed by atoms with Crippen LogP contribution in [-0.4, -0.2) is 33.2 Å². The number of amides is 1. The molecule has 0 aliphatic carbocycles. The van der Waals surface area contributed by atoms with Gasteiger partial charge in [0.25, 0.3) is 0 Å². The summed E-state index contributed by atoms with van der Waals surface area (Å²) < 4.78 is 24.3. The Hall–Kier alpha value is -2.60. The van der Waals surface area contributed by atoms with E-state index in [0.717, 1.165) is 17.5 Å². The summed E-state index contributed by atoms with van der Waals surface area (Å²) in [6.07, 6.45) is 0.761. The highest BCUT2D eigenvalue weighted by atomic mass is 19.1. The van der Waals surface area contributed by atoms with Gasteiger partial charge in [-0.2, -0.15) is 0 Å². The first kappa shape index (κ1) is 18.7. The molecule has 2 rings (SSSR count). The van der Waals surface area contributed by atoms with Gasteiger partial charge in [-0.05, 0) is 48.4 Å². The Morgan fingerprint density at radius 3 is 2.68 bits per heavy atom. The lowest BCUT2D eigenvalue weighted by Crippen LogP contribution is -2.32. The molecule has 0 saturated carbocycles. The normalized spacial score (nSPS) is 10.4. The molecule has 5 nitrogen and oxygen atoms in total. The van der Waals surface area contributed by atoms with E-state index >= 15 is 0 Å². The molecule has 134 valence electrons. The summed E-state index contributed by atoms with van der Waals surface area (Å²) in [5, 5.41) is 5.63. The summed E-state index contributed by atoms with van der Waals surface area (Å²) in [6.45, 7) is 1.24. The molecular formula is C19H23FN2O3. The van der Waals surface area contributed by atoms with Crippen molar-refractivity contribution < 1.29 is 18.7 Å². The molecule has 25 heavy (non-hydrogen) atoms. The summed E-state index contributed by atoms with van der Waals surface area (Å²) in [4.78, 5) is 11.1. The van der Waals surface area contributed by atoms with Crippen molar-refractivity contribution in [2.24, 2.45) is 0 Å². The van der Waals surface area contributed by atoms with Gasteiger partial charge in [0, 0.05) is 7.05 Å². The second-order valence-electron chi connectivity index (χ2n) is 5.50. The molecule has 0 aliphatic rings. The largest absolute Gasteiger partial charge is 0.493 e. The molecule has 0 heterocycles. The van der Waals surface area contributed by atoms with Crippen molar-refractivity contribution in [2.75, 3.05) is 27.2 Å². The molecular weight excluding hydrogens is 323 g/mol. The molecule has 0 bridgehead atoms. The van der Waals surface area contributed by atoms with Gasteiger partial charge in [0.15, 0.2) is 11.5 Å². The lowest BCUT2D eigenvalue weighted by molar-refractivity contribution is -0.119. The average Bonchev–Trinajstić information content (AvgIpc) is 2.63. The third-order valence-corrected chi connectivity index (χ3v) is 3.67. The SMILES string of the molecule is CNC(=O)CNCCc1ccc(OCc2cccc(F)c2)c(OC)c1. The predicted molar refractivity (Wildman–Crippen MR) is 94.4 cm³/mol. The monoisotopic (exact) mass is 346 g/mol. The van der Waals surface area contributed by atoms with Gasteiger partial charge in [-0.25, -0.2) is 4.39 Å². The number of benzene rings is 2. The maximum Gasteiger partial charge on any atom is 0.233 e. The van der Waals surface area contributed by atoms with Crippen LogP contribution in [0.3, 0.4) is 0 Å². The van der Waals surface area contributed by atoms with E-state index < -0.39 is 0 Å². The predicted octanol–water partition coefficient (Wildman–Crippen LogP) is 2.29. The van der Waals surface area contributed by atoms with Crippen LogP contribution in [0.1, 0.15) is 11.1 Å². The number of halogens is 1. The van der Waals surface area contributed by atoms with Crippen molar-refractivity contribution in [1.29, 1.82) is 0 Å². The summed E-state index contributed by atoms with van der Waals surface area (Å²) in [7, 11) is 3.19. The van der Waals surface area contributed by atoms with Crippen molar-refractivity contribution in [2.45, 2.75) is 13.0 Å². The van der Waals surface area contributed by atoms with Gasteiger partial charge in [-0.1, -0.05) is 18.2 Å². The van der Waals surface area contributed by atoms with Gasteiger partial charge < -0.3 is 20.1 Å². The highest BCUT2D eigenvalue weighted by Gasteiger charge is 2.07. The number of carbonyl (C=O) groups is 1. The molecule has 2 aromatic rings. The average molecular weight is 346 g/mol. The summed E-state index contributed by atoms with van der Waals surface area (Å²) in [5.74, 6) is 0.903. The molecule has 0 spiro atoms. The minimum Gasteiger partial charge on any atom is -0.493 e. The Bertz CT molecular complexity index is 707. The Morgan fingerprint density at radius 1 is 1.12 bits per heavy atom. The molecule has 0 unspecified atom stereocenters. The van der Waals surface area contributed by atoms with Gasteiger partial charge in [-0.15, -0.1) is 0 Å². The first-order chi connectivity index (χ1) is 12.1. The molecule has 0 aliphatic heterocycles. The number of hydrogen-bond donors (Lipinski definition) is 2. The fourth-order valence-corrected chi connectivity index (χ4v) is 2.30. The van der Waals surface area contributed by atoms with E-state index in [9.17, 15) is 9.18 Å². The van der Waals surface area contributed by atoms with Crippen LogP contribution in [0.15, 0.2) is 42.5 Å². The molecule has 0 atom stereocenters. The Labute approximate surface area is 147 Å². The highest BCUT2D eigenvalue weighted by molar-refractivity contribution is 5.77. The molecule has 2 aromatic carbocycles. The third kappa shape index (κ3) is 6.08. The second kappa shape index (κ2) is 9.64. The van der Waals surface area contributed by atoms with Crippen LogP contribution in [0.5, 0.6) is 11.5 Å². The fourth-order valence-electron chi connectivity index (χ4n) is 2.30. The summed E-state index contributed by atoms with van der Waals surface area (Å²) in [6, 6.07) is 12.0. The lowest BCUT2D eigenvalue weighted by atomic mass is 10.1. The molecule has 2 N–H and O–H groups in total. The van der Waals surface area contributed by atoms with Gasteiger partial charge in [-0.3, -0.25) is 4.79 Å². The smallest absolute Gasteiger partial charge is 0.233 e. The summed E-state index contributed by atoms with van der Waals surface area (Å²) in [5.41, 5.74) is 1.82. The standard InChI is InChI=1S/C19H23FN2O3/c1-21-19(23)12-22-9-8-14-6-7-17(18(11-14)24-2)25-13-15-4-3-5-16(20)10-15/h3-7,10-11,22H,8-9,12-13H2,1-2H3,(H,21,23). The maximum absolute atomic E-state index is 13.2. The molecule has 1 amide bonds. The molecule has 0 radical (unpaired) electrons. The number of likely N-dealkylation sites (N-methyl/N-ethyl adjacent to an activating group) is 1. The third-order valence-electron chi connectivity index (χ3n) is 3.67. The van der Waals surface area contributed by atoms with E-state index in [-0.39, 0.29) is 18.3 Å². The topological polar surface area (TPSA) is 59.6 Å². The van der Waals surface area contributed by atoms with Crippen LogP contribution >= 0.6 is 0 Å². The number of rotatable bonds is 9. The van der Waals surface area contributed by atoms with E-state index in [0.29, 0.717) is 24.6 Å². The van der Waals surface area contributed by atoms with Gasteiger partial charge in [0.05, 0.1) is 13.7 Å². The minimum atomic E-state index is -0.285. The fraction of sp³-hybridized carbons (Fsp3) is 0.316. The molecule has 0 fully saturated rings. The van der Waals surface area contributed by atoms with Crippen molar-refractivity contribution in [3.8, 4) is 11.5 Å². The Kier molecular flexibility index (Phi) is 7.22. The molecule has 0 saturated heterocycles. The van der Waals surface area contributed by atoms with Crippen LogP contribution in [0.4, 0.5) is 4.39 Å². The number of ether oxygens (including phenoxy) is 2. The van der Waals surface area contributed by atoms with Gasteiger partial charge in [0.2, 0.25) is 5.91 Å². The zero-order valence-corrected chi connectivity index (χ0v) is 14.5. The van der Waals surface area contributed by atoms with E-state index in [1.807, 2.05) is 24.3 Å². The van der Waals surface area contributed by atoms with Crippen molar-refractivity contribution in [1.82, 2.24) is 10.6 Å². The lowest BCUT2D eigenvalue weighted by Gasteiger charge is -2.12. The Balaban J connectivity index is 1.91. The van der Waals surface area contributed by atoms with Gasteiger partial charge in [0.1, 0.15) is 12.4 Å². The second-order valence-corrected chi connectivity index (χ2v) is 5.50. The van der Waals surface area contributed by atoms with Crippen LogP contribution in [0, 0.1) is 5.82 Å². The van der Waals surface area contributed by atoms with Crippen LogP contribution < -0.4 is 20.1 Å². The Morgan fingerprint density at radius 2 is 1.96 bits per heavy atom.